The molecule has 19 heavy (non-hydrogen) atoms. The SMILES string of the molecule is Cc1ccc(Cc2noc([C@H]3CCCNC3)n2)cc1. The van der Waals surface area contributed by atoms with Gasteiger partial charge in [-0.05, 0) is 31.9 Å². The Hall–Kier alpha value is -1.68. The zero-order valence-electron chi connectivity index (χ0n) is 11.2. The van der Waals surface area contributed by atoms with Crippen molar-refractivity contribution >= 4 is 0 Å². The lowest BCUT2D eigenvalue weighted by Crippen LogP contribution is -2.28. The van der Waals surface area contributed by atoms with E-state index in [1.54, 1.807) is 0 Å². The maximum atomic E-state index is 5.40. The van der Waals surface area contributed by atoms with Gasteiger partial charge in [0.2, 0.25) is 5.89 Å². The zero-order chi connectivity index (χ0) is 13.1. The van der Waals surface area contributed by atoms with E-state index < -0.39 is 0 Å². The third-order valence-electron chi connectivity index (χ3n) is 3.61. The number of nitrogens with one attached hydrogen (secondary N) is 1. The van der Waals surface area contributed by atoms with E-state index in [2.05, 4.69) is 46.6 Å². The van der Waals surface area contributed by atoms with Crippen LogP contribution in [0.5, 0.6) is 0 Å². The largest absolute Gasteiger partial charge is 0.339 e. The van der Waals surface area contributed by atoms with E-state index in [9.17, 15) is 0 Å². The molecular formula is C15H19N3O. The normalized spacial score (nSPS) is 19.5. The molecule has 0 spiro atoms. The number of aryl methyl sites for hydroxylation is 1. The van der Waals surface area contributed by atoms with E-state index >= 15 is 0 Å². The van der Waals surface area contributed by atoms with Crippen molar-refractivity contribution in [2.75, 3.05) is 13.1 Å². The average molecular weight is 257 g/mol. The summed E-state index contributed by atoms with van der Waals surface area (Å²) in [4.78, 5) is 4.53. The van der Waals surface area contributed by atoms with Crippen molar-refractivity contribution in [3.05, 3.63) is 47.1 Å². The van der Waals surface area contributed by atoms with Crippen molar-refractivity contribution in [2.45, 2.75) is 32.1 Å². The monoisotopic (exact) mass is 257 g/mol. The highest BCUT2D eigenvalue weighted by atomic mass is 16.5. The molecule has 0 radical (unpaired) electrons. The van der Waals surface area contributed by atoms with Crippen molar-refractivity contribution in [3.63, 3.8) is 0 Å². The Kier molecular flexibility index (Phi) is 3.60. The van der Waals surface area contributed by atoms with Gasteiger partial charge in [0.05, 0.1) is 5.92 Å². The van der Waals surface area contributed by atoms with Crippen LogP contribution in [0.3, 0.4) is 0 Å². The van der Waals surface area contributed by atoms with Crippen LogP contribution in [0, 0.1) is 6.92 Å². The lowest BCUT2D eigenvalue weighted by Gasteiger charge is -2.18. The van der Waals surface area contributed by atoms with E-state index in [1.165, 1.54) is 17.5 Å². The molecule has 0 bridgehead atoms. The molecule has 1 aliphatic heterocycles. The summed E-state index contributed by atoms with van der Waals surface area (Å²) in [5.74, 6) is 1.95. The smallest absolute Gasteiger partial charge is 0.231 e. The fourth-order valence-corrected chi connectivity index (χ4v) is 2.46. The van der Waals surface area contributed by atoms with Crippen molar-refractivity contribution in [3.8, 4) is 0 Å². The fraction of sp³-hybridized carbons (Fsp3) is 0.467. The number of aromatic nitrogens is 2. The number of hydrogen-bond acceptors (Lipinski definition) is 4. The molecule has 0 saturated carbocycles. The van der Waals surface area contributed by atoms with Crippen LogP contribution in [0.25, 0.3) is 0 Å². The third-order valence-corrected chi connectivity index (χ3v) is 3.61. The van der Waals surface area contributed by atoms with Gasteiger partial charge in [-0.15, -0.1) is 0 Å². The van der Waals surface area contributed by atoms with E-state index in [0.29, 0.717) is 5.92 Å². The van der Waals surface area contributed by atoms with Gasteiger partial charge >= 0.3 is 0 Å². The minimum absolute atomic E-state index is 0.382. The Morgan fingerprint density at radius 3 is 2.89 bits per heavy atom. The molecule has 0 amide bonds. The summed E-state index contributed by atoms with van der Waals surface area (Å²) in [5.41, 5.74) is 2.49. The molecule has 3 rings (SSSR count). The second-order valence-corrected chi connectivity index (χ2v) is 5.25. The zero-order valence-corrected chi connectivity index (χ0v) is 11.2. The van der Waals surface area contributed by atoms with Crippen LogP contribution in [0.1, 0.15) is 41.6 Å². The van der Waals surface area contributed by atoms with Crippen LogP contribution < -0.4 is 5.32 Å². The molecule has 1 aromatic heterocycles. The third kappa shape index (κ3) is 3.01. The molecule has 2 heterocycles. The van der Waals surface area contributed by atoms with Crippen molar-refractivity contribution in [1.82, 2.24) is 15.5 Å². The van der Waals surface area contributed by atoms with E-state index in [4.69, 9.17) is 4.52 Å². The Labute approximate surface area is 113 Å². The molecular weight excluding hydrogens is 238 g/mol. The molecule has 1 atom stereocenters. The van der Waals surface area contributed by atoms with Gasteiger partial charge in [-0.2, -0.15) is 4.98 Å². The number of piperidine rings is 1. The first-order valence-corrected chi connectivity index (χ1v) is 6.90. The molecule has 100 valence electrons. The molecule has 2 aromatic rings. The van der Waals surface area contributed by atoms with Gasteiger partial charge in [-0.1, -0.05) is 35.0 Å². The van der Waals surface area contributed by atoms with Crippen LogP contribution >= 0.6 is 0 Å². The van der Waals surface area contributed by atoms with Crippen molar-refractivity contribution in [1.29, 1.82) is 0 Å². The topological polar surface area (TPSA) is 51.0 Å². The minimum atomic E-state index is 0.382. The highest BCUT2D eigenvalue weighted by molar-refractivity contribution is 5.23. The minimum Gasteiger partial charge on any atom is -0.339 e. The lowest BCUT2D eigenvalue weighted by molar-refractivity contribution is 0.320. The van der Waals surface area contributed by atoms with Crippen LogP contribution in [0.4, 0.5) is 0 Å². The first-order valence-electron chi connectivity index (χ1n) is 6.90. The number of benzene rings is 1. The predicted octanol–water partition coefficient (Wildman–Crippen LogP) is 2.44. The molecule has 1 aliphatic rings. The Morgan fingerprint density at radius 2 is 2.16 bits per heavy atom. The highest BCUT2D eigenvalue weighted by Crippen LogP contribution is 2.21. The molecule has 4 heteroatoms. The van der Waals surface area contributed by atoms with E-state index in [0.717, 1.165) is 37.6 Å². The molecule has 0 aliphatic carbocycles. The summed E-state index contributed by atoms with van der Waals surface area (Å²) in [5, 5.41) is 7.47. The summed E-state index contributed by atoms with van der Waals surface area (Å²) >= 11 is 0. The molecule has 0 unspecified atom stereocenters. The summed E-state index contributed by atoms with van der Waals surface area (Å²) < 4.78 is 5.40. The van der Waals surface area contributed by atoms with Crippen molar-refractivity contribution < 1.29 is 4.52 Å². The molecule has 4 nitrogen and oxygen atoms in total. The average Bonchev–Trinajstić information content (AvgIpc) is 2.91. The molecule has 1 fully saturated rings. The Bertz CT molecular complexity index is 527. The summed E-state index contributed by atoms with van der Waals surface area (Å²) in [7, 11) is 0. The van der Waals surface area contributed by atoms with Crippen LogP contribution in [-0.2, 0) is 6.42 Å². The summed E-state index contributed by atoms with van der Waals surface area (Å²) in [6, 6.07) is 8.46. The maximum absolute atomic E-state index is 5.40. The predicted molar refractivity (Wildman–Crippen MR) is 73.1 cm³/mol. The second-order valence-electron chi connectivity index (χ2n) is 5.25. The standard InChI is InChI=1S/C15H19N3O/c1-11-4-6-12(7-5-11)9-14-17-15(19-18-14)13-3-2-8-16-10-13/h4-7,13,16H,2-3,8-10H2,1H3/t13-/m0/s1. The maximum Gasteiger partial charge on any atom is 0.231 e. The van der Waals surface area contributed by atoms with E-state index in [-0.39, 0.29) is 0 Å². The Morgan fingerprint density at radius 1 is 1.32 bits per heavy atom. The van der Waals surface area contributed by atoms with Crippen LogP contribution in [-0.4, -0.2) is 23.2 Å². The highest BCUT2D eigenvalue weighted by Gasteiger charge is 2.21. The van der Waals surface area contributed by atoms with Crippen LogP contribution in [0.2, 0.25) is 0 Å². The number of hydrogen-bond donors (Lipinski definition) is 1. The Balaban J connectivity index is 1.68. The van der Waals surface area contributed by atoms with Gasteiger partial charge in [-0.3, -0.25) is 0 Å². The molecule has 1 saturated heterocycles. The molecule has 1 aromatic carbocycles. The quantitative estimate of drug-likeness (QED) is 0.917. The van der Waals surface area contributed by atoms with E-state index in [1.807, 2.05) is 0 Å². The second kappa shape index (κ2) is 5.53. The van der Waals surface area contributed by atoms with Crippen molar-refractivity contribution in [2.24, 2.45) is 0 Å². The summed E-state index contributed by atoms with van der Waals surface area (Å²) in [6.45, 7) is 4.14. The van der Waals surface area contributed by atoms with Gasteiger partial charge in [0.25, 0.3) is 0 Å². The van der Waals surface area contributed by atoms with Gasteiger partial charge in [0, 0.05) is 13.0 Å². The number of rotatable bonds is 3. The fourth-order valence-electron chi connectivity index (χ4n) is 2.46. The molecule has 1 N–H and O–H groups in total. The first kappa shape index (κ1) is 12.4. The first-order chi connectivity index (χ1) is 9.31. The van der Waals surface area contributed by atoms with Gasteiger partial charge in [0.1, 0.15) is 0 Å². The summed E-state index contributed by atoms with van der Waals surface area (Å²) in [6.07, 6.45) is 3.06. The van der Waals surface area contributed by atoms with Gasteiger partial charge in [-0.25, -0.2) is 0 Å². The van der Waals surface area contributed by atoms with Gasteiger partial charge < -0.3 is 9.84 Å². The van der Waals surface area contributed by atoms with Gasteiger partial charge in [0.15, 0.2) is 5.82 Å². The number of nitrogens with zero attached hydrogens (tertiary/aromatic N) is 2. The van der Waals surface area contributed by atoms with Crippen LogP contribution in [0.15, 0.2) is 28.8 Å². The lowest BCUT2D eigenvalue weighted by atomic mass is 10.00.